The van der Waals surface area contributed by atoms with Gasteiger partial charge in [0.1, 0.15) is 0 Å². The molecule has 1 N–H and O–H groups in total. The van der Waals surface area contributed by atoms with Gasteiger partial charge in [-0.2, -0.15) is 0 Å². The van der Waals surface area contributed by atoms with Crippen molar-refractivity contribution < 1.29 is 14.5 Å². The normalized spacial score (nSPS) is 18.0. The number of ether oxygens (including phenoxy) is 1. The second-order valence-corrected chi connectivity index (χ2v) is 4.90. The largest absolute Gasteiger partial charge is 0.378 e. The minimum Gasteiger partial charge on any atom is -0.378 e. The highest BCUT2D eigenvalue weighted by atomic mass is 16.6. The highest BCUT2D eigenvalue weighted by Crippen LogP contribution is 2.15. The van der Waals surface area contributed by atoms with Gasteiger partial charge in [-0.3, -0.25) is 14.9 Å². The first-order chi connectivity index (χ1) is 10.1. The lowest BCUT2D eigenvalue weighted by atomic mass is 10.2. The van der Waals surface area contributed by atoms with Crippen LogP contribution in [0.3, 0.4) is 0 Å². The van der Waals surface area contributed by atoms with Crippen molar-refractivity contribution in [2.75, 3.05) is 13.2 Å². The molecule has 0 aromatic heterocycles. The van der Waals surface area contributed by atoms with Gasteiger partial charge in [-0.05, 0) is 30.9 Å². The molecular formula is C15H18N2O4. The summed E-state index contributed by atoms with van der Waals surface area (Å²) in [6.07, 6.45) is 6.16. The molecule has 1 aliphatic rings. The molecule has 1 aliphatic heterocycles. The van der Waals surface area contributed by atoms with Gasteiger partial charge in [0.2, 0.25) is 5.91 Å². The van der Waals surface area contributed by atoms with E-state index in [4.69, 9.17) is 4.74 Å². The van der Waals surface area contributed by atoms with Gasteiger partial charge in [-0.15, -0.1) is 0 Å². The van der Waals surface area contributed by atoms with Crippen LogP contribution in [0.15, 0.2) is 30.3 Å². The van der Waals surface area contributed by atoms with Crippen LogP contribution >= 0.6 is 0 Å². The van der Waals surface area contributed by atoms with E-state index in [1.165, 1.54) is 18.2 Å². The number of hydrogen-bond donors (Lipinski definition) is 1. The molecule has 1 heterocycles. The zero-order chi connectivity index (χ0) is 15.1. The number of nitrogens with one attached hydrogen (secondary N) is 1. The number of hydrogen-bond acceptors (Lipinski definition) is 4. The Hall–Kier alpha value is -2.21. The van der Waals surface area contributed by atoms with Gasteiger partial charge in [-0.1, -0.05) is 12.1 Å². The standard InChI is InChI=1S/C15H18N2O4/c18-15(16-9-8-14-5-2-10-21-14)7-6-12-3-1-4-13(11-12)17(19)20/h1,3-4,6-7,11,14H,2,5,8-10H2,(H,16,18). The minimum atomic E-state index is -0.459. The van der Waals surface area contributed by atoms with Gasteiger partial charge >= 0.3 is 0 Å². The molecule has 1 amide bonds. The molecule has 0 spiro atoms. The Labute approximate surface area is 122 Å². The molecule has 1 fully saturated rings. The molecule has 6 nitrogen and oxygen atoms in total. The average Bonchev–Trinajstić information content (AvgIpc) is 2.99. The monoisotopic (exact) mass is 290 g/mol. The minimum absolute atomic E-state index is 0.0101. The highest BCUT2D eigenvalue weighted by Gasteiger charge is 2.14. The summed E-state index contributed by atoms with van der Waals surface area (Å²) in [6, 6.07) is 6.14. The van der Waals surface area contributed by atoms with Crippen LogP contribution in [0.5, 0.6) is 0 Å². The van der Waals surface area contributed by atoms with Crippen molar-refractivity contribution in [3.63, 3.8) is 0 Å². The van der Waals surface area contributed by atoms with Crippen LogP contribution in [0.4, 0.5) is 5.69 Å². The summed E-state index contributed by atoms with van der Waals surface area (Å²) >= 11 is 0. The predicted octanol–water partition coefficient (Wildman–Crippen LogP) is 2.29. The summed E-state index contributed by atoms with van der Waals surface area (Å²) in [7, 11) is 0. The lowest BCUT2D eigenvalue weighted by molar-refractivity contribution is -0.384. The number of nitro benzene ring substituents is 1. The number of non-ortho nitro benzene ring substituents is 1. The van der Waals surface area contributed by atoms with Gasteiger partial charge in [0.05, 0.1) is 11.0 Å². The van der Waals surface area contributed by atoms with E-state index in [9.17, 15) is 14.9 Å². The first-order valence-electron chi connectivity index (χ1n) is 6.97. The SMILES string of the molecule is O=C(C=Cc1cccc([N+](=O)[O-])c1)NCCC1CCCO1. The fourth-order valence-electron chi connectivity index (χ4n) is 2.20. The van der Waals surface area contributed by atoms with Gasteiger partial charge in [0.25, 0.3) is 5.69 Å². The van der Waals surface area contributed by atoms with Crippen LogP contribution in [0.2, 0.25) is 0 Å². The van der Waals surface area contributed by atoms with Crippen LogP contribution in [0.25, 0.3) is 6.08 Å². The second-order valence-electron chi connectivity index (χ2n) is 4.90. The highest BCUT2D eigenvalue weighted by molar-refractivity contribution is 5.91. The van der Waals surface area contributed by atoms with Gasteiger partial charge in [-0.25, -0.2) is 0 Å². The second kappa shape index (κ2) is 7.54. The summed E-state index contributed by atoms with van der Waals surface area (Å²) in [6.45, 7) is 1.38. The Morgan fingerprint density at radius 1 is 1.52 bits per heavy atom. The van der Waals surface area contributed by atoms with Gasteiger partial charge in [0, 0.05) is 31.4 Å². The number of nitrogens with zero attached hydrogens (tertiary/aromatic N) is 1. The van der Waals surface area contributed by atoms with Crippen molar-refractivity contribution in [3.8, 4) is 0 Å². The molecule has 1 aromatic carbocycles. The van der Waals surface area contributed by atoms with Crippen LogP contribution < -0.4 is 5.32 Å². The Morgan fingerprint density at radius 2 is 2.38 bits per heavy atom. The molecular weight excluding hydrogens is 272 g/mol. The number of nitro groups is 1. The maximum absolute atomic E-state index is 11.6. The van der Waals surface area contributed by atoms with E-state index in [0.29, 0.717) is 12.1 Å². The number of carbonyl (C=O) groups is 1. The molecule has 0 saturated carbocycles. The number of amides is 1. The van der Waals surface area contributed by atoms with Crippen molar-refractivity contribution in [1.29, 1.82) is 0 Å². The molecule has 21 heavy (non-hydrogen) atoms. The Balaban J connectivity index is 1.78. The van der Waals surface area contributed by atoms with Crippen molar-refractivity contribution in [2.45, 2.75) is 25.4 Å². The van der Waals surface area contributed by atoms with Gasteiger partial charge < -0.3 is 10.1 Å². The van der Waals surface area contributed by atoms with E-state index >= 15 is 0 Å². The lowest BCUT2D eigenvalue weighted by Crippen LogP contribution is -2.25. The molecule has 0 aliphatic carbocycles. The fourth-order valence-corrected chi connectivity index (χ4v) is 2.20. The smallest absolute Gasteiger partial charge is 0.270 e. The zero-order valence-electron chi connectivity index (χ0n) is 11.7. The maximum Gasteiger partial charge on any atom is 0.270 e. The van der Waals surface area contributed by atoms with Gasteiger partial charge in [0.15, 0.2) is 0 Å². The molecule has 1 atom stereocenters. The van der Waals surface area contributed by atoms with Crippen LogP contribution in [0, 0.1) is 10.1 Å². The molecule has 1 saturated heterocycles. The van der Waals surface area contributed by atoms with Crippen molar-refractivity contribution in [2.24, 2.45) is 0 Å². The summed E-state index contributed by atoms with van der Waals surface area (Å²) in [5.41, 5.74) is 0.634. The summed E-state index contributed by atoms with van der Waals surface area (Å²) in [4.78, 5) is 21.8. The molecule has 1 unspecified atom stereocenters. The molecule has 112 valence electrons. The van der Waals surface area contributed by atoms with E-state index in [2.05, 4.69) is 5.32 Å². The molecule has 2 rings (SSSR count). The Bertz CT molecular complexity index is 536. The summed E-state index contributed by atoms with van der Waals surface area (Å²) < 4.78 is 5.47. The first kappa shape index (κ1) is 15.2. The molecule has 0 radical (unpaired) electrons. The van der Waals surface area contributed by atoms with Crippen molar-refractivity contribution >= 4 is 17.7 Å². The lowest BCUT2D eigenvalue weighted by Gasteiger charge is -2.08. The van der Waals surface area contributed by atoms with E-state index in [0.717, 1.165) is 25.9 Å². The third-order valence-electron chi connectivity index (χ3n) is 3.30. The average molecular weight is 290 g/mol. The fraction of sp³-hybridized carbons (Fsp3) is 0.400. The van der Waals surface area contributed by atoms with Crippen LogP contribution in [-0.4, -0.2) is 30.1 Å². The van der Waals surface area contributed by atoms with Crippen molar-refractivity contribution in [1.82, 2.24) is 5.32 Å². The van der Waals surface area contributed by atoms with Crippen LogP contribution in [-0.2, 0) is 9.53 Å². The number of benzene rings is 1. The molecule has 6 heteroatoms. The summed E-state index contributed by atoms with van der Waals surface area (Å²) in [5, 5.41) is 13.4. The van der Waals surface area contributed by atoms with E-state index in [-0.39, 0.29) is 17.7 Å². The Kier molecular flexibility index (Phi) is 5.45. The number of carbonyl (C=O) groups excluding carboxylic acids is 1. The third kappa shape index (κ3) is 5.00. The topological polar surface area (TPSA) is 81.5 Å². The summed E-state index contributed by atoms with van der Waals surface area (Å²) in [5.74, 6) is -0.209. The molecule has 1 aromatic rings. The quantitative estimate of drug-likeness (QED) is 0.495. The first-order valence-corrected chi connectivity index (χ1v) is 6.97. The van der Waals surface area contributed by atoms with E-state index < -0.39 is 4.92 Å². The predicted molar refractivity (Wildman–Crippen MR) is 78.7 cm³/mol. The van der Waals surface area contributed by atoms with E-state index in [1.54, 1.807) is 18.2 Å². The van der Waals surface area contributed by atoms with Crippen LogP contribution in [0.1, 0.15) is 24.8 Å². The van der Waals surface area contributed by atoms with E-state index in [1.807, 2.05) is 0 Å². The van der Waals surface area contributed by atoms with Crippen molar-refractivity contribution in [3.05, 3.63) is 46.0 Å². The zero-order valence-corrected chi connectivity index (χ0v) is 11.7. The molecule has 0 bridgehead atoms. The third-order valence-corrected chi connectivity index (χ3v) is 3.30. The number of rotatable bonds is 6. The maximum atomic E-state index is 11.6. The Morgan fingerprint density at radius 3 is 3.10 bits per heavy atom.